The predicted molar refractivity (Wildman–Crippen MR) is 61.1 cm³/mol. The fraction of sp³-hybridized carbons (Fsp3) is 0.200. The van der Waals surface area contributed by atoms with Crippen molar-refractivity contribution in [3.8, 4) is 5.75 Å². The Labute approximate surface area is 88.9 Å². The fourth-order valence-corrected chi connectivity index (χ4v) is 1.48. The summed E-state index contributed by atoms with van der Waals surface area (Å²) in [6.45, 7) is 0. The van der Waals surface area contributed by atoms with Gasteiger partial charge in [-0.25, -0.2) is 0 Å². The molecule has 0 amide bonds. The summed E-state index contributed by atoms with van der Waals surface area (Å²) in [6.07, 6.45) is 0. The Bertz CT molecular complexity index is 451. The first-order valence-electron chi connectivity index (χ1n) is 4.11. The second-order valence-electron chi connectivity index (χ2n) is 3.05. The molecule has 2 N–H and O–H groups in total. The van der Waals surface area contributed by atoms with Crippen LogP contribution in [0.3, 0.4) is 0 Å². The van der Waals surface area contributed by atoms with Crippen LogP contribution in [-0.2, 0) is 7.05 Å². The van der Waals surface area contributed by atoms with Gasteiger partial charge in [-0.2, -0.15) is 0 Å². The number of hydrogen-bond donors (Lipinski definition) is 1. The minimum atomic E-state index is 0. The predicted octanol–water partition coefficient (Wildman–Crippen LogP) is 2.19. The number of aromatic nitrogens is 1. The van der Waals surface area contributed by atoms with Crippen molar-refractivity contribution >= 4 is 29.1 Å². The van der Waals surface area contributed by atoms with Crippen molar-refractivity contribution < 1.29 is 4.74 Å². The van der Waals surface area contributed by atoms with Crippen molar-refractivity contribution in [3.63, 3.8) is 0 Å². The molecule has 1 heterocycles. The van der Waals surface area contributed by atoms with E-state index in [0.717, 1.165) is 22.5 Å². The summed E-state index contributed by atoms with van der Waals surface area (Å²) in [6, 6.07) is 7.86. The zero-order chi connectivity index (χ0) is 9.42. The summed E-state index contributed by atoms with van der Waals surface area (Å²) in [5.74, 6) is 1.63. The van der Waals surface area contributed by atoms with Crippen molar-refractivity contribution in [1.29, 1.82) is 0 Å². The molecule has 0 saturated carbocycles. The van der Waals surface area contributed by atoms with Gasteiger partial charge in [-0.3, -0.25) is 0 Å². The summed E-state index contributed by atoms with van der Waals surface area (Å²) in [5.41, 5.74) is 6.89. The van der Waals surface area contributed by atoms with E-state index in [-0.39, 0.29) is 12.4 Å². The summed E-state index contributed by atoms with van der Waals surface area (Å²) in [5, 5.41) is 1.11. The molecule has 1 aromatic carbocycles. The summed E-state index contributed by atoms with van der Waals surface area (Å²) < 4.78 is 7.07. The molecule has 14 heavy (non-hydrogen) atoms. The third-order valence-corrected chi connectivity index (χ3v) is 2.29. The van der Waals surface area contributed by atoms with Crippen molar-refractivity contribution in [2.75, 3.05) is 12.8 Å². The molecule has 0 aliphatic carbocycles. The van der Waals surface area contributed by atoms with Crippen molar-refractivity contribution in [2.45, 2.75) is 0 Å². The van der Waals surface area contributed by atoms with E-state index >= 15 is 0 Å². The maximum atomic E-state index is 5.77. The number of anilines is 1. The molecular formula is C10H13ClN2O. The molecule has 0 saturated heterocycles. The van der Waals surface area contributed by atoms with E-state index in [2.05, 4.69) is 0 Å². The van der Waals surface area contributed by atoms with Crippen LogP contribution < -0.4 is 10.5 Å². The first kappa shape index (κ1) is 10.7. The van der Waals surface area contributed by atoms with E-state index in [9.17, 15) is 0 Å². The number of methoxy groups -OCH3 is 1. The number of rotatable bonds is 1. The Morgan fingerprint density at radius 2 is 2.00 bits per heavy atom. The smallest absolute Gasteiger partial charge is 0.119 e. The van der Waals surface area contributed by atoms with Crippen LogP contribution in [0.1, 0.15) is 0 Å². The van der Waals surface area contributed by atoms with Crippen LogP contribution in [0.25, 0.3) is 10.9 Å². The first-order chi connectivity index (χ1) is 6.22. The molecule has 0 unspecified atom stereocenters. The highest BCUT2D eigenvalue weighted by atomic mass is 35.5. The Hall–Kier alpha value is -1.35. The molecule has 4 heteroatoms. The molecule has 0 fully saturated rings. The highest BCUT2D eigenvalue weighted by Crippen LogP contribution is 2.24. The molecule has 2 aromatic rings. The summed E-state index contributed by atoms with van der Waals surface area (Å²) in [4.78, 5) is 0. The summed E-state index contributed by atoms with van der Waals surface area (Å²) >= 11 is 0. The number of fused-ring (bicyclic) bond motifs is 1. The Morgan fingerprint density at radius 1 is 1.29 bits per heavy atom. The zero-order valence-corrected chi connectivity index (χ0v) is 8.97. The molecule has 0 atom stereocenters. The monoisotopic (exact) mass is 212 g/mol. The van der Waals surface area contributed by atoms with Gasteiger partial charge in [-0.05, 0) is 24.3 Å². The van der Waals surface area contributed by atoms with Crippen LogP contribution in [0.4, 0.5) is 5.82 Å². The third kappa shape index (κ3) is 1.51. The molecule has 2 rings (SSSR count). The molecule has 0 aliphatic heterocycles. The third-order valence-electron chi connectivity index (χ3n) is 2.29. The van der Waals surface area contributed by atoms with Gasteiger partial charge in [0.15, 0.2) is 0 Å². The van der Waals surface area contributed by atoms with E-state index in [1.165, 1.54) is 0 Å². The lowest BCUT2D eigenvalue weighted by molar-refractivity contribution is 0.415. The number of ether oxygens (including phenoxy) is 1. The topological polar surface area (TPSA) is 40.2 Å². The Kier molecular flexibility index (Phi) is 2.91. The van der Waals surface area contributed by atoms with Gasteiger partial charge in [0.25, 0.3) is 0 Å². The van der Waals surface area contributed by atoms with Crippen LogP contribution in [0.15, 0.2) is 24.3 Å². The van der Waals surface area contributed by atoms with Gasteiger partial charge in [-0.1, -0.05) is 0 Å². The lowest BCUT2D eigenvalue weighted by atomic mass is 10.2. The number of halogens is 1. The zero-order valence-electron chi connectivity index (χ0n) is 8.15. The normalized spacial score (nSPS) is 9.86. The van der Waals surface area contributed by atoms with Gasteiger partial charge in [0.2, 0.25) is 0 Å². The highest BCUT2D eigenvalue weighted by molar-refractivity contribution is 5.86. The molecule has 0 bridgehead atoms. The number of hydrogen-bond acceptors (Lipinski definition) is 2. The number of nitrogen functional groups attached to an aromatic ring is 1. The van der Waals surface area contributed by atoms with Crippen LogP contribution in [0.2, 0.25) is 0 Å². The molecule has 3 nitrogen and oxygen atoms in total. The van der Waals surface area contributed by atoms with E-state index in [4.69, 9.17) is 10.5 Å². The van der Waals surface area contributed by atoms with E-state index < -0.39 is 0 Å². The van der Waals surface area contributed by atoms with Crippen molar-refractivity contribution in [2.24, 2.45) is 7.05 Å². The Morgan fingerprint density at radius 3 is 2.64 bits per heavy atom. The Balaban J connectivity index is 0.000000980. The van der Waals surface area contributed by atoms with E-state index in [0.29, 0.717) is 0 Å². The SMILES string of the molecule is COc1ccc2c(c1)cc(N)n2C.Cl. The van der Waals surface area contributed by atoms with Gasteiger partial charge >= 0.3 is 0 Å². The molecule has 0 radical (unpaired) electrons. The van der Waals surface area contributed by atoms with E-state index in [1.54, 1.807) is 7.11 Å². The lowest BCUT2D eigenvalue weighted by Gasteiger charge is -2.00. The summed E-state index contributed by atoms with van der Waals surface area (Å²) in [7, 11) is 3.61. The maximum absolute atomic E-state index is 5.77. The number of benzene rings is 1. The maximum Gasteiger partial charge on any atom is 0.119 e. The van der Waals surface area contributed by atoms with Gasteiger partial charge in [0.05, 0.1) is 7.11 Å². The van der Waals surface area contributed by atoms with Crippen LogP contribution >= 0.6 is 12.4 Å². The van der Waals surface area contributed by atoms with Crippen molar-refractivity contribution in [3.05, 3.63) is 24.3 Å². The molecule has 76 valence electrons. The lowest BCUT2D eigenvalue weighted by Crippen LogP contribution is -1.94. The molecule has 0 spiro atoms. The van der Waals surface area contributed by atoms with Crippen LogP contribution in [0.5, 0.6) is 5.75 Å². The second-order valence-corrected chi connectivity index (χ2v) is 3.05. The minimum absolute atomic E-state index is 0. The quantitative estimate of drug-likeness (QED) is 0.787. The average Bonchev–Trinajstić information content (AvgIpc) is 2.42. The second kappa shape index (κ2) is 3.80. The van der Waals surface area contributed by atoms with Crippen LogP contribution in [0, 0.1) is 0 Å². The number of aryl methyl sites for hydroxylation is 1. The van der Waals surface area contributed by atoms with E-state index in [1.807, 2.05) is 35.9 Å². The first-order valence-corrected chi connectivity index (χ1v) is 4.11. The van der Waals surface area contributed by atoms with Gasteiger partial charge < -0.3 is 15.0 Å². The van der Waals surface area contributed by atoms with Gasteiger partial charge in [0.1, 0.15) is 11.6 Å². The van der Waals surface area contributed by atoms with Gasteiger partial charge in [0, 0.05) is 18.0 Å². The fourth-order valence-electron chi connectivity index (χ4n) is 1.48. The molecular weight excluding hydrogens is 200 g/mol. The number of nitrogens with zero attached hydrogens (tertiary/aromatic N) is 1. The average molecular weight is 213 g/mol. The number of nitrogens with two attached hydrogens (primary N) is 1. The standard InChI is InChI=1S/C10H12N2O.ClH/c1-12-9-4-3-8(13-2)5-7(9)6-10(12)11;/h3-6H,11H2,1-2H3;1H. The molecule has 1 aromatic heterocycles. The largest absolute Gasteiger partial charge is 0.497 e. The minimum Gasteiger partial charge on any atom is -0.497 e. The molecule has 0 aliphatic rings. The van der Waals surface area contributed by atoms with Gasteiger partial charge in [-0.15, -0.1) is 12.4 Å². The van der Waals surface area contributed by atoms with Crippen LogP contribution in [-0.4, -0.2) is 11.7 Å². The highest BCUT2D eigenvalue weighted by Gasteiger charge is 2.02. The van der Waals surface area contributed by atoms with Crippen molar-refractivity contribution in [1.82, 2.24) is 4.57 Å².